The van der Waals surface area contributed by atoms with Crippen LogP contribution >= 0.6 is 0 Å². The van der Waals surface area contributed by atoms with Gasteiger partial charge in [0.05, 0.1) is 0 Å². The average Bonchev–Trinajstić information content (AvgIpc) is 2.55. The largest absolute Gasteiger partial charge is 0.357 e. The number of hydrogen-bond acceptors (Lipinski definition) is 2. The third kappa shape index (κ3) is 5.70. The molecule has 0 aliphatic carbocycles. The van der Waals surface area contributed by atoms with Crippen molar-refractivity contribution in [2.75, 3.05) is 20.1 Å². The van der Waals surface area contributed by atoms with Gasteiger partial charge < -0.3 is 10.2 Å². The van der Waals surface area contributed by atoms with Crippen LogP contribution in [-0.4, -0.2) is 36.0 Å². The number of pyridine rings is 1. The second-order valence-corrected chi connectivity index (χ2v) is 5.33. The topological polar surface area (TPSA) is 40.5 Å². The van der Waals surface area contributed by atoms with Gasteiger partial charge in [0.15, 0.2) is 5.96 Å². The Kier molecular flexibility index (Phi) is 6.54. The van der Waals surface area contributed by atoms with Gasteiger partial charge in [-0.3, -0.25) is 9.98 Å². The molecule has 122 valence electrons. The molecule has 1 heterocycles. The van der Waals surface area contributed by atoms with E-state index in [0.29, 0.717) is 13.1 Å². The molecule has 23 heavy (non-hydrogen) atoms. The SMILES string of the molecule is CCNC(=NCCc1cccnc1)N(C)Cc1cccc(F)c1. The molecule has 0 aliphatic rings. The molecule has 2 aromatic rings. The molecule has 0 amide bonds. The lowest BCUT2D eigenvalue weighted by Gasteiger charge is -2.22. The Hall–Kier alpha value is -2.43. The van der Waals surface area contributed by atoms with Crippen molar-refractivity contribution >= 4 is 5.96 Å². The first kappa shape index (κ1) is 16.9. The minimum Gasteiger partial charge on any atom is -0.357 e. The third-order valence-corrected chi connectivity index (χ3v) is 3.39. The molecule has 1 aromatic heterocycles. The maximum Gasteiger partial charge on any atom is 0.193 e. The molecule has 5 heteroatoms. The highest BCUT2D eigenvalue weighted by molar-refractivity contribution is 5.79. The number of hydrogen-bond donors (Lipinski definition) is 1. The van der Waals surface area contributed by atoms with E-state index in [1.165, 1.54) is 11.6 Å². The van der Waals surface area contributed by atoms with Crippen LogP contribution in [0.15, 0.2) is 53.8 Å². The van der Waals surface area contributed by atoms with Crippen molar-refractivity contribution in [2.24, 2.45) is 4.99 Å². The lowest BCUT2D eigenvalue weighted by Crippen LogP contribution is -2.38. The molecule has 0 unspecified atom stereocenters. The molecule has 0 bridgehead atoms. The van der Waals surface area contributed by atoms with Crippen LogP contribution in [0, 0.1) is 5.82 Å². The van der Waals surface area contributed by atoms with Gasteiger partial charge in [0.25, 0.3) is 0 Å². The molecule has 0 atom stereocenters. The number of aromatic nitrogens is 1. The van der Waals surface area contributed by atoms with Gasteiger partial charge >= 0.3 is 0 Å². The highest BCUT2D eigenvalue weighted by Gasteiger charge is 2.07. The van der Waals surface area contributed by atoms with Crippen molar-refractivity contribution in [1.82, 2.24) is 15.2 Å². The molecule has 0 fully saturated rings. The number of halogens is 1. The summed E-state index contributed by atoms with van der Waals surface area (Å²) < 4.78 is 13.3. The van der Waals surface area contributed by atoms with E-state index in [9.17, 15) is 4.39 Å². The minimum atomic E-state index is -0.214. The van der Waals surface area contributed by atoms with Gasteiger partial charge in [-0.2, -0.15) is 0 Å². The van der Waals surface area contributed by atoms with Crippen molar-refractivity contribution in [3.05, 3.63) is 65.7 Å². The fourth-order valence-electron chi connectivity index (χ4n) is 2.29. The summed E-state index contributed by atoms with van der Waals surface area (Å²) in [5, 5.41) is 3.27. The molecule has 0 saturated heterocycles. The van der Waals surface area contributed by atoms with E-state index in [1.54, 1.807) is 18.3 Å². The molecular formula is C18H23FN4. The van der Waals surface area contributed by atoms with Gasteiger partial charge in [-0.1, -0.05) is 18.2 Å². The summed E-state index contributed by atoms with van der Waals surface area (Å²) in [6.45, 7) is 4.11. The molecule has 1 N–H and O–H groups in total. The first-order chi connectivity index (χ1) is 11.2. The summed E-state index contributed by atoms with van der Waals surface area (Å²) in [5.74, 6) is 0.607. The summed E-state index contributed by atoms with van der Waals surface area (Å²) >= 11 is 0. The van der Waals surface area contributed by atoms with E-state index in [0.717, 1.165) is 24.5 Å². The Morgan fingerprint density at radius 2 is 2.09 bits per heavy atom. The van der Waals surface area contributed by atoms with E-state index < -0.39 is 0 Å². The van der Waals surface area contributed by atoms with Gasteiger partial charge in [-0.15, -0.1) is 0 Å². The fourth-order valence-corrected chi connectivity index (χ4v) is 2.29. The zero-order chi connectivity index (χ0) is 16.5. The number of nitrogens with one attached hydrogen (secondary N) is 1. The molecular weight excluding hydrogens is 291 g/mol. The quantitative estimate of drug-likeness (QED) is 0.658. The first-order valence-corrected chi connectivity index (χ1v) is 7.82. The van der Waals surface area contributed by atoms with E-state index in [2.05, 4.69) is 15.3 Å². The fraction of sp³-hybridized carbons (Fsp3) is 0.333. The maximum atomic E-state index is 13.3. The van der Waals surface area contributed by atoms with Crippen LogP contribution in [0.2, 0.25) is 0 Å². The van der Waals surface area contributed by atoms with Crippen LogP contribution in [0.5, 0.6) is 0 Å². The predicted octanol–water partition coefficient (Wildman–Crippen LogP) is 2.86. The smallest absolute Gasteiger partial charge is 0.193 e. The normalized spacial score (nSPS) is 11.3. The maximum absolute atomic E-state index is 13.3. The Balaban J connectivity index is 1.97. The molecule has 0 saturated carbocycles. The number of nitrogens with zero attached hydrogens (tertiary/aromatic N) is 3. The molecule has 1 aromatic carbocycles. The first-order valence-electron chi connectivity index (χ1n) is 7.82. The van der Waals surface area contributed by atoms with E-state index in [1.807, 2.05) is 43.3 Å². The van der Waals surface area contributed by atoms with Gasteiger partial charge in [0, 0.05) is 39.1 Å². The summed E-state index contributed by atoms with van der Waals surface area (Å²) in [5.41, 5.74) is 2.09. The Morgan fingerprint density at radius 3 is 2.78 bits per heavy atom. The van der Waals surface area contributed by atoms with Gasteiger partial charge in [-0.25, -0.2) is 4.39 Å². The van der Waals surface area contributed by atoms with Crippen LogP contribution in [0.4, 0.5) is 4.39 Å². The zero-order valence-corrected chi connectivity index (χ0v) is 13.7. The lowest BCUT2D eigenvalue weighted by molar-refractivity contribution is 0.475. The summed E-state index contributed by atoms with van der Waals surface area (Å²) in [6.07, 6.45) is 4.47. The Bertz CT molecular complexity index is 628. The summed E-state index contributed by atoms with van der Waals surface area (Å²) in [7, 11) is 1.95. The van der Waals surface area contributed by atoms with Crippen molar-refractivity contribution in [1.29, 1.82) is 0 Å². The van der Waals surface area contributed by atoms with Gasteiger partial charge in [-0.05, 0) is 42.7 Å². The van der Waals surface area contributed by atoms with E-state index >= 15 is 0 Å². The van der Waals surface area contributed by atoms with Crippen molar-refractivity contribution in [2.45, 2.75) is 19.9 Å². The summed E-state index contributed by atoms with van der Waals surface area (Å²) in [4.78, 5) is 10.7. The van der Waals surface area contributed by atoms with Crippen LogP contribution in [0.25, 0.3) is 0 Å². The second kappa shape index (κ2) is 8.88. The number of guanidine groups is 1. The van der Waals surface area contributed by atoms with E-state index in [-0.39, 0.29) is 5.82 Å². The molecule has 0 spiro atoms. The van der Waals surface area contributed by atoms with Crippen molar-refractivity contribution in [3.63, 3.8) is 0 Å². The van der Waals surface area contributed by atoms with Crippen LogP contribution < -0.4 is 5.32 Å². The van der Waals surface area contributed by atoms with Gasteiger partial charge in [0.1, 0.15) is 5.82 Å². The number of rotatable bonds is 6. The average molecular weight is 314 g/mol. The second-order valence-electron chi connectivity index (χ2n) is 5.33. The Morgan fingerprint density at radius 1 is 1.26 bits per heavy atom. The van der Waals surface area contributed by atoms with E-state index in [4.69, 9.17) is 0 Å². The zero-order valence-electron chi connectivity index (χ0n) is 13.7. The number of benzene rings is 1. The molecule has 2 rings (SSSR count). The minimum absolute atomic E-state index is 0.214. The van der Waals surface area contributed by atoms with Gasteiger partial charge in [0.2, 0.25) is 0 Å². The van der Waals surface area contributed by atoms with Crippen LogP contribution in [0.1, 0.15) is 18.1 Å². The third-order valence-electron chi connectivity index (χ3n) is 3.39. The van der Waals surface area contributed by atoms with Crippen LogP contribution in [0.3, 0.4) is 0 Å². The van der Waals surface area contributed by atoms with Crippen molar-refractivity contribution in [3.8, 4) is 0 Å². The van der Waals surface area contributed by atoms with Crippen LogP contribution in [-0.2, 0) is 13.0 Å². The van der Waals surface area contributed by atoms with Crippen molar-refractivity contribution < 1.29 is 4.39 Å². The Labute approximate surface area is 137 Å². The highest BCUT2D eigenvalue weighted by atomic mass is 19.1. The molecule has 0 radical (unpaired) electrons. The highest BCUT2D eigenvalue weighted by Crippen LogP contribution is 2.06. The lowest BCUT2D eigenvalue weighted by atomic mass is 10.2. The molecule has 4 nitrogen and oxygen atoms in total. The number of aliphatic imine (C=N–C) groups is 1. The standard InChI is InChI=1S/C18H23FN4/c1-3-21-18(22-11-9-15-7-5-10-20-13-15)23(2)14-16-6-4-8-17(19)12-16/h4-8,10,12-13H,3,9,11,14H2,1-2H3,(H,21,22). The monoisotopic (exact) mass is 314 g/mol. The summed E-state index contributed by atoms with van der Waals surface area (Å²) in [6, 6.07) is 10.6. The molecule has 0 aliphatic heterocycles. The predicted molar refractivity (Wildman–Crippen MR) is 91.8 cm³/mol.